The summed E-state index contributed by atoms with van der Waals surface area (Å²) in [5.74, 6) is 0.886. The van der Waals surface area contributed by atoms with E-state index in [-0.39, 0.29) is 0 Å². The van der Waals surface area contributed by atoms with Crippen molar-refractivity contribution in [1.29, 1.82) is 0 Å². The minimum atomic E-state index is 0.350. The Labute approximate surface area is 82.8 Å². The van der Waals surface area contributed by atoms with Gasteiger partial charge >= 0.3 is 0 Å². The molecule has 0 aromatic carbocycles. The molecule has 1 nitrogen and oxygen atoms in total. The van der Waals surface area contributed by atoms with Crippen molar-refractivity contribution < 1.29 is 0 Å². The first-order chi connectivity index (χ1) is 5.92. The number of hydrogen-bond donors (Lipinski definition) is 0. The molecule has 0 saturated carbocycles. The van der Waals surface area contributed by atoms with Gasteiger partial charge in [0.15, 0.2) is 0 Å². The molecule has 76 valence electrons. The van der Waals surface area contributed by atoms with Gasteiger partial charge in [0.25, 0.3) is 0 Å². The molecule has 0 amide bonds. The summed E-state index contributed by atoms with van der Waals surface area (Å²) in [6.45, 7) is 6.92. The van der Waals surface area contributed by atoms with Crippen LogP contribution in [0.3, 0.4) is 0 Å². The Kier molecular flexibility index (Phi) is 3.18. The Morgan fingerprint density at radius 1 is 1.46 bits per heavy atom. The summed E-state index contributed by atoms with van der Waals surface area (Å²) in [6, 6.07) is 0. The topological polar surface area (TPSA) is 3.24 Å². The molecule has 0 fully saturated rings. The first kappa shape index (κ1) is 10.8. The minimum absolute atomic E-state index is 0.350. The van der Waals surface area contributed by atoms with Gasteiger partial charge in [-0.25, -0.2) is 0 Å². The molecule has 13 heavy (non-hydrogen) atoms. The molecule has 1 aliphatic rings. The predicted molar refractivity (Wildman–Crippen MR) is 58.9 cm³/mol. The average molecular weight is 181 g/mol. The van der Waals surface area contributed by atoms with E-state index in [1.807, 2.05) is 0 Å². The van der Waals surface area contributed by atoms with Gasteiger partial charge in [-0.15, -0.1) is 0 Å². The normalized spacial score (nSPS) is 23.8. The molecule has 0 bridgehead atoms. The van der Waals surface area contributed by atoms with Gasteiger partial charge < -0.3 is 4.90 Å². The Morgan fingerprint density at radius 2 is 2.08 bits per heavy atom. The van der Waals surface area contributed by atoms with Crippen molar-refractivity contribution in [3.8, 4) is 0 Å². The average Bonchev–Trinajstić information content (AvgIpc) is 2.34. The van der Waals surface area contributed by atoms with E-state index in [4.69, 9.17) is 0 Å². The van der Waals surface area contributed by atoms with Crippen molar-refractivity contribution in [1.82, 2.24) is 4.90 Å². The van der Waals surface area contributed by atoms with E-state index in [0.717, 1.165) is 5.92 Å². The fourth-order valence-electron chi connectivity index (χ4n) is 2.03. The van der Waals surface area contributed by atoms with Crippen LogP contribution < -0.4 is 0 Å². The molecule has 1 atom stereocenters. The molecule has 1 heteroatoms. The Balaban J connectivity index is 2.42. The SMILES string of the molecule is CC1=CCC(CC(C)(C)N(C)C)C1. The maximum Gasteiger partial charge on any atom is 0.0150 e. The lowest BCUT2D eigenvalue weighted by atomic mass is 9.88. The van der Waals surface area contributed by atoms with Crippen LogP contribution in [0.4, 0.5) is 0 Å². The van der Waals surface area contributed by atoms with Crippen LogP contribution in [0.1, 0.15) is 40.0 Å². The summed E-state index contributed by atoms with van der Waals surface area (Å²) in [4.78, 5) is 2.33. The molecular weight excluding hydrogens is 158 g/mol. The molecule has 1 rings (SSSR count). The zero-order valence-corrected chi connectivity index (χ0v) is 9.72. The van der Waals surface area contributed by atoms with Gasteiger partial charge in [-0.3, -0.25) is 0 Å². The first-order valence-corrected chi connectivity index (χ1v) is 5.25. The molecular formula is C12H23N. The molecule has 0 aromatic rings. The monoisotopic (exact) mass is 181 g/mol. The molecule has 0 aliphatic heterocycles. The van der Waals surface area contributed by atoms with Gasteiger partial charge in [0.1, 0.15) is 0 Å². The molecule has 1 unspecified atom stereocenters. The van der Waals surface area contributed by atoms with Gasteiger partial charge in [-0.1, -0.05) is 11.6 Å². The maximum absolute atomic E-state index is 2.40. The van der Waals surface area contributed by atoms with Crippen molar-refractivity contribution in [3.63, 3.8) is 0 Å². The van der Waals surface area contributed by atoms with Gasteiger partial charge in [-0.2, -0.15) is 0 Å². The van der Waals surface area contributed by atoms with E-state index in [1.54, 1.807) is 5.57 Å². The van der Waals surface area contributed by atoms with Gasteiger partial charge in [0.05, 0.1) is 0 Å². The zero-order chi connectivity index (χ0) is 10.1. The Hall–Kier alpha value is -0.300. The minimum Gasteiger partial charge on any atom is -0.304 e. The smallest absolute Gasteiger partial charge is 0.0150 e. The Morgan fingerprint density at radius 3 is 2.46 bits per heavy atom. The first-order valence-electron chi connectivity index (χ1n) is 5.25. The van der Waals surface area contributed by atoms with E-state index in [1.165, 1.54) is 19.3 Å². The second-order valence-corrected chi connectivity index (χ2v) is 5.27. The Bertz CT molecular complexity index is 201. The van der Waals surface area contributed by atoms with Crippen molar-refractivity contribution >= 4 is 0 Å². The van der Waals surface area contributed by atoms with Crippen LogP contribution in [-0.2, 0) is 0 Å². The highest BCUT2D eigenvalue weighted by Gasteiger charge is 2.26. The van der Waals surface area contributed by atoms with Crippen molar-refractivity contribution in [2.45, 2.75) is 45.6 Å². The van der Waals surface area contributed by atoms with Crippen molar-refractivity contribution in [2.24, 2.45) is 5.92 Å². The lowest BCUT2D eigenvalue weighted by Gasteiger charge is -2.35. The molecule has 0 N–H and O–H groups in total. The van der Waals surface area contributed by atoms with Crippen LogP contribution >= 0.6 is 0 Å². The lowest BCUT2D eigenvalue weighted by molar-refractivity contribution is 0.157. The summed E-state index contributed by atoms with van der Waals surface area (Å²) < 4.78 is 0. The summed E-state index contributed by atoms with van der Waals surface area (Å²) >= 11 is 0. The number of nitrogens with zero attached hydrogens (tertiary/aromatic N) is 1. The summed E-state index contributed by atoms with van der Waals surface area (Å²) in [5, 5.41) is 0. The van der Waals surface area contributed by atoms with E-state index < -0.39 is 0 Å². The van der Waals surface area contributed by atoms with Crippen molar-refractivity contribution in [2.75, 3.05) is 14.1 Å². The van der Waals surface area contributed by atoms with Crippen LogP contribution in [0, 0.1) is 5.92 Å². The highest BCUT2D eigenvalue weighted by atomic mass is 15.1. The van der Waals surface area contributed by atoms with Crippen LogP contribution in [-0.4, -0.2) is 24.5 Å². The third-order valence-corrected chi connectivity index (χ3v) is 3.41. The van der Waals surface area contributed by atoms with E-state index in [0.29, 0.717) is 5.54 Å². The van der Waals surface area contributed by atoms with E-state index in [2.05, 4.69) is 45.8 Å². The number of hydrogen-bond acceptors (Lipinski definition) is 1. The standard InChI is InChI=1S/C12H23N/c1-10-6-7-11(8-10)9-12(2,3)13(4)5/h6,11H,7-9H2,1-5H3. The maximum atomic E-state index is 2.40. The molecule has 1 aliphatic carbocycles. The highest BCUT2D eigenvalue weighted by Crippen LogP contribution is 2.32. The third-order valence-electron chi connectivity index (χ3n) is 3.41. The lowest BCUT2D eigenvalue weighted by Crippen LogP contribution is -2.39. The molecule has 0 radical (unpaired) electrons. The molecule has 0 saturated heterocycles. The van der Waals surface area contributed by atoms with E-state index >= 15 is 0 Å². The summed E-state index contributed by atoms with van der Waals surface area (Å²) in [6.07, 6.45) is 6.32. The fraction of sp³-hybridized carbons (Fsp3) is 0.833. The molecule has 0 heterocycles. The largest absolute Gasteiger partial charge is 0.304 e. The van der Waals surface area contributed by atoms with Crippen LogP contribution in [0.2, 0.25) is 0 Å². The fourth-order valence-corrected chi connectivity index (χ4v) is 2.03. The number of rotatable bonds is 3. The third kappa shape index (κ3) is 2.84. The molecule has 0 spiro atoms. The summed E-state index contributed by atoms with van der Waals surface area (Å²) in [5.41, 5.74) is 1.93. The number of allylic oxidation sites excluding steroid dienone is 2. The quantitative estimate of drug-likeness (QED) is 0.605. The van der Waals surface area contributed by atoms with Crippen LogP contribution in [0.5, 0.6) is 0 Å². The van der Waals surface area contributed by atoms with Crippen molar-refractivity contribution in [3.05, 3.63) is 11.6 Å². The highest BCUT2D eigenvalue weighted by molar-refractivity contribution is 5.07. The van der Waals surface area contributed by atoms with Gasteiger partial charge in [0, 0.05) is 5.54 Å². The second kappa shape index (κ2) is 3.83. The van der Waals surface area contributed by atoms with Crippen LogP contribution in [0.15, 0.2) is 11.6 Å². The predicted octanol–water partition coefficient (Wildman–Crippen LogP) is 3.07. The van der Waals surface area contributed by atoms with Crippen LogP contribution in [0.25, 0.3) is 0 Å². The van der Waals surface area contributed by atoms with Gasteiger partial charge in [0.2, 0.25) is 0 Å². The summed E-state index contributed by atoms with van der Waals surface area (Å²) in [7, 11) is 4.35. The second-order valence-electron chi connectivity index (χ2n) is 5.27. The van der Waals surface area contributed by atoms with Gasteiger partial charge in [-0.05, 0) is 60.0 Å². The van der Waals surface area contributed by atoms with E-state index in [9.17, 15) is 0 Å². The zero-order valence-electron chi connectivity index (χ0n) is 9.72. The molecule has 0 aromatic heterocycles.